The van der Waals surface area contributed by atoms with Crippen LogP contribution in [0.15, 0.2) is 24.5 Å². The summed E-state index contributed by atoms with van der Waals surface area (Å²) in [6.07, 6.45) is 3.98. The van der Waals surface area contributed by atoms with Crippen LogP contribution in [0.3, 0.4) is 0 Å². The molecule has 94 valence electrons. The molecule has 4 heteroatoms. The molecule has 1 heterocycles. The molecule has 1 aromatic rings. The Balaban J connectivity index is 2.80. The molecular weight excluding hydrogens is 218 g/mol. The normalized spacial score (nSPS) is 14.6. The first-order chi connectivity index (χ1) is 7.97. The highest BCUT2D eigenvalue weighted by atomic mass is 16.5. The molecule has 17 heavy (non-hydrogen) atoms. The lowest BCUT2D eigenvalue weighted by atomic mass is 9.97. The predicted molar refractivity (Wildman–Crippen MR) is 64.6 cm³/mol. The summed E-state index contributed by atoms with van der Waals surface area (Å²) in [5.41, 5.74) is -0.679. The number of pyridine rings is 1. The number of nitrogens with zero attached hydrogens (tertiary/aromatic N) is 1. The number of hydrogen-bond acceptors (Lipinski definition) is 3. The van der Waals surface area contributed by atoms with Crippen LogP contribution in [0.2, 0.25) is 0 Å². The Labute approximate surface area is 102 Å². The Hall–Kier alpha value is -1.42. The molecule has 0 fully saturated rings. The van der Waals surface area contributed by atoms with Crippen LogP contribution < -0.4 is 0 Å². The molecule has 0 spiro atoms. The Kier molecular flexibility index (Phi) is 4.63. The van der Waals surface area contributed by atoms with E-state index in [-0.39, 0.29) is 0 Å². The summed E-state index contributed by atoms with van der Waals surface area (Å²) in [5, 5.41) is 9.31. The lowest BCUT2D eigenvalue weighted by molar-refractivity contribution is -0.165. The van der Waals surface area contributed by atoms with Crippen molar-refractivity contribution >= 4 is 5.97 Å². The average Bonchev–Trinajstić information content (AvgIpc) is 2.29. The van der Waals surface area contributed by atoms with Gasteiger partial charge in [-0.3, -0.25) is 4.98 Å². The fourth-order valence-corrected chi connectivity index (χ4v) is 1.44. The molecule has 0 bridgehead atoms. The molecule has 1 atom stereocenters. The topological polar surface area (TPSA) is 59.4 Å². The van der Waals surface area contributed by atoms with Crippen molar-refractivity contribution in [2.75, 3.05) is 6.61 Å². The van der Waals surface area contributed by atoms with Crippen molar-refractivity contribution in [2.45, 2.75) is 32.8 Å². The number of rotatable bonds is 6. The van der Waals surface area contributed by atoms with Gasteiger partial charge in [-0.1, -0.05) is 13.8 Å². The van der Waals surface area contributed by atoms with Crippen molar-refractivity contribution in [2.24, 2.45) is 5.92 Å². The molecule has 0 aliphatic rings. The third kappa shape index (κ3) is 3.53. The van der Waals surface area contributed by atoms with Crippen molar-refractivity contribution in [3.05, 3.63) is 30.1 Å². The van der Waals surface area contributed by atoms with E-state index in [0.717, 1.165) is 6.42 Å². The summed E-state index contributed by atoms with van der Waals surface area (Å²) in [4.78, 5) is 15.2. The quantitative estimate of drug-likeness (QED) is 0.825. The minimum atomic E-state index is -1.29. The van der Waals surface area contributed by atoms with Crippen LogP contribution in [0.1, 0.15) is 32.8 Å². The first kappa shape index (κ1) is 13.6. The van der Waals surface area contributed by atoms with E-state index in [1.165, 1.54) is 0 Å². The van der Waals surface area contributed by atoms with Gasteiger partial charge in [0.25, 0.3) is 0 Å². The second-order valence-corrected chi connectivity index (χ2v) is 4.61. The van der Waals surface area contributed by atoms with Gasteiger partial charge in [0, 0.05) is 19.0 Å². The van der Waals surface area contributed by atoms with Crippen molar-refractivity contribution in [3.8, 4) is 0 Å². The highest BCUT2D eigenvalue weighted by Gasteiger charge is 2.36. The number of aliphatic carboxylic acids is 1. The number of carbonyl (C=O) groups is 1. The van der Waals surface area contributed by atoms with Crippen LogP contribution in [0.5, 0.6) is 0 Å². The molecule has 0 radical (unpaired) electrons. The maximum Gasteiger partial charge on any atom is 0.340 e. The van der Waals surface area contributed by atoms with Gasteiger partial charge in [-0.2, -0.15) is 0 Å². The Bertz CT molecular complexity index is 364. The molecule has 0 saturated carbocycles. The molecule has 0 aliphatic heterocycles. The maximum absolute atomic E-state index is 11.4. The zero-order valence-electron chi connectivity index (χ0n) is 10.5. The van der Waals surface area contributed by atoms with E-state index in [9.17, 15) is 9.90 Å². The second-order valence-electron chi connectivity index (χ2n) is 4.61. The number of ether oxygens (including phenoxy) is 1. The van der Waals surface area contributed by atoms with E-state index in [2.05, 4.69) is 18.8 Å². The largest absolute Gasteiger partial charge is 0.479 e. The summed E-state index contributed by atoms with van der Waals surface area (Å²) < 4.78 is 5.56. The molecule has 0 aliphatic carbocycles. The average molecular weight is 237 g/mol. The van der Waals surface area contributed by atoms with Crippen LogP contribution in [0, 0.1) is 5.92 Å². The molecule has 0 saturated heterocycles. The van der Waals surface area contributed by atoms with Gasteiger partial charge in [0.1, 0.15) is 0 Å². The van der Waals surface area contributed by atoms with E-state index < -0.39 is 11.6 Å². The van der Waals surface area contributed by atoms with E-state index in [1.54, 1.807) is 31.5 Å². The lowest BCUT2D eigenvalue weighted by Crippen LogP contribution is -2.36. The standard InChI is InChI=1S/C13H19NO3/c1-10(2)6-9-17-13(3,12(15)16)11-4-7-14-8-5-11/h4-5,7-8,10H,6,9H2,1-3H3,(H,15,16). The highest BCUT2D eigenvalue weighted by molar-refractivity contribution is 5.78. The summed E-state index contributed by atoms with van der Waals surface area (Å²) in [6.45, 7) is 6.16. The maximum atomic E-state index is 11.4. The molecule has 0 amide bonds. The van der Waals surface area contributed by atoms with E-state index >= 15 is 0 Å². The Morgan fingerprint density at radius 2 is 2.06 bits per heavy atom. The van der Waals surface area contributed by atoms with Crippen molar-refractivity contribution in [1.82, 2.24) is 4.98 Å². The molecule has 1 N–H and O–H groups in total. The van der Waals surface area contributed by atoms with Crippen LogP contribution in [-0.2, 0) is 15.1 Å². The highest BCUT2D eigenvalue weighted by Crippen LogP contribution is 2.25. The monoisotopic (exact) mass is 237 g/mol. The summed E-state index contributed by atoms with van der Waals surface area (Å²) in [5.74, 6) is -0.488. The smallest absolute Gasteiger partial charge is 0.340 e. The van der Waals surface area contributed by atoms with E-state index in [0.29, 0.717) is 18.1 Å². The van der Waals surface area contributed by atoms with Crippen LogP contribution >= 0.6 is 0 Å². The summed E-state index contributed by atoms with van der Waals surface area (Å²) >= 11 is 0. The number of carboxylic acid groups (broad SMARTS) is 1. The van der Waals surface area contributed by atoms with Crippen LogP contribution in [0.25, 0.3) is 0 Å². The third-order valence-electron chi connectivity index (χ3n) is 2.73. The van der Waals surface area contributed by atoms with Gasteiger partial charge in [0.2, 0.25) is 0 Å². The second kappa shape index (κ2) is 5.77. The molecule has 0 aromatic carbocycles. The van der Waals surface area contributed by atoms with Crippen LogP contribution in [0.4, 0.5) is 0 Å². The van der Waals surface area contributed by atoms with Gasteiger partial charge < -0.3 is 9.84 Å². The zero-order valence-corrected chi connectivity index (χ0v) is 10.5. The van der Waals surface area contributed by atoms with Gasteiger partial charge in [0.05, 0.1) is 0 Å². The molecular formula is C13H19NO3. The fourth-order valence-electron chi connectivity index (χ4n) is 1.44. The van der Waals surface area contributed by atoms with Crippen molar-refractivity contribution < 1.29 is 14.6 Å². The van der Waals surface area contributed by atoms with Crippen LogP contribution in [-0.4, -0.2) is 22.7 Å². The van der Waals surface area contributed by atoms with E-state index in [1.807, 2.05) is 0 Å². The minimum Gasteiger partial charge on any atom is -0.479 e. The number of aromatic nitrogens is 1. The molecule has 4 nitrogen and oxygen atoms in total. The minimum absolute atomic E-state index is 0.433. The molecule has 1 rings (SSSR count). The Morgan fingerprint density at radius 1 is 1.47 bits per heavy atom. The van der Waals surface area contributed by atoms with Gasteiger partial charge in [-0.05, 0) is 37.0 Å². The SMILES string of the molecule is CC(C)CCOC(C)(C(=O)O)c1ccncc1. The third-order valence-corrected chi connectivity index (χ3v) is 2.73. The summed E-state index contributed by atoms with van der Waals surface area (Å²) in [7, 11) is 0. The first-order valence-electron chi connectivity index (χ1n) is 5.74. The van der Waals surface area contributed by atoms with Crippen molar-refractivity contribution in [1.29, 1.82) is 0 Å². The number of hydrogen-bond donors (Lipinski definition) is 1. The van der Waals surface area contributed by atoms with Gasteiger partial charge in [0.15, 0.2) is 5.60 Å². The fraction of sp³-hybridized carbons (Fsp3) is 0.538. The van der Waals surface area contributed by atoms with Gasteiger partial charge in [-0.15, -0.1) is 0 Å². The van der Waals surface area contributed by atoms with Crippen molar-refractivity contribution in [3.63, 3.8) is 0 Å². The lowest BCUT2D eigenvalue weighted by Gasteiger charge is -2.26. The van der Waals surface area contributed by atoms with E-state index in [4.69, 9.17) is 4.74 Å². The summed E-state index contributed by atoms with van der Waals surface area (Å²) in [6, 6.07) is 3.34. The first-order valence-corrected chi connectivity index (χ1v) is 5.74. The predicted octanol–water partition coefficient (Wildman–Crippen LogP) is 2.44. The molecule has 1 unspecified atom stereocenters. The number of carboxylic acids is 1. The van der Waals surface area contributed by atoms with Gasteiger partial charge >= 0.3 is 5.97 Å². The van der Waals surface area contributed by atoms with Gasteiger partial charge in [-0.25, -0.2) is 4.79 Å². The Morgan fingerprint density at radius 3 is 2.53 bits per heavy atom. The molecule has 1 aromatic heterocycles. The zero-order chi connectivity index (χ0) is 12.9.